The number of carbonyl (C=O) groups is 2. The largest absolute Gasteiger partial charge is 0.326 e. The minimum atomic E-state index is -0.327. The van der Waals surface area contributed by atoms with Crippen molar-refractivity contribution in [3.05, 3.63) is 59.7 Å². The van der Waals surface area contributed by atoms with Gasteiger partial charge >= 0.3 is 0 Å². The normalized spacial score (nSPS) is 18.0. The van der Waals surface area contributed by atoms with E-state index in [1.54, 1.807) is 4.90 Å². The van der Waals surface area contributed by atoms with Gasteiger partial charge in [-0.15, -0.1) is 0 Å². The van der Waals surface area contributed by atoms with Gasteiger partial charge in [0.25, 0.3) is 0 Å². The van der Waals surface area contributed by atoms with Crippen molar-refractivity contribution in [1.82, 2.24) is 0 Å². The van der Waals surface area contributed by atoms with Gasteiger partial charge in [0.15, 0.2) is 0 Å². The molecule has 136 valence electrons. The van der Waals surface area contributed by atoms with E-state index in [1.807, 2.05) is 49.4 Å². The summed E-state index contributed by atoms with van der Waals surface area (Å²) in [7, 11) is 0. The van der Waals surface area contributed by atoms with E-state index in [4.69, 9.17) is 0 Å². The lowest BCUT2D eigenvalue weighted by Crippen LogP contribution is -2.29. The first-order valence-corrected chi connectivity index (χ1v) is 9.27. The van der Waals surface area contributed by atoms with E-state index >= 15 is 0 Å². The first kappa shape index (κ1) is 18.2. The van der Waals surface area contributed by atoms with Gasteiger partial charge in [-0.3, -0.25) is 9.59 Å². The fourth-order valence-corrected chi connectivity index (χ4v) is 3.43. The summed E-state index contributed by atoms with van der Waals surface area (Å²) in [4.78, 5) is 27.1. The summed E-state index contributed by atoms with van der Waals surface area (Å²) >= 11 is 0. The summed E-state index contributed by atoms with van der Waals surface area (Å²) in [5.74, 6) is -0.0206. The van der Waals surface area contributed by atoms with Crippen LogP contribution in [0.1, 0.15) is 43.7 Å². The Labute approximate surface area is 155 Å². The van der Waals surface area contributed by atoms with E-state index in [9.17, 15) is 9.59 Å². The summed E-state index contributed by atoms with van der Waals surface area (Å²) in [5, 5.41) is 2.98. The first-order chi connectivity index (χ1) is 12.5. The lowest BCUT2D eigenvalue weighted by molar-refractivity contribution is -0.122. The predicted octanol–water partition coefficient (Wildman–Crippen LogP) is 4.50. The summed E-state index contributed by atoms with van der Waals surface area (Å²) in [6.07, 6.45) is 1.27. The van der Waals surface area contributed by atoms with Crippen molar-refractivity contribution in [3.63, 3.8) is 0 Å². The average molecular weight is 350 g/mol. The lowest BCUT2D eigenvalue weighted by Gasteiger charge is -2.23. The Morgan fingerprint density at radius 2 is 1.88 bits per heavy atom. The molecular formula is C22H26N2O2. The summed E-state index contributed by atoms with van der Waals surface area (Å²) < 4.78 is 0. The number of aryl methyl sites for hydroxylation is 1. The molecule has 0 radical (unpaired) electrons. The van der Waals surface area contributed by atoms with Crippen LogP contribution < -0.4 is 10.2 Å². The zero-order valence-corrected chi connectivity index (χ0v) is 15.7. The van der Waals surface area contributed by atoms with Gasteiger partial charge < -0.3 is 10.2 Å². The molecule has 1 fully saturated rings. The Morgan fingerprint density at radius 3 is 2.62 bits per heavy atom. The number of hydrogen-bond donors (Lipinski definition) is 1. The molecule has 0 saturated carbocycles. The second-order valence-corrected chi connectivity index (χ2v) is 7.08. The number of carbonyl (C=O) groups excluding carboxylic acids is 2. The Kier molecular flexibility index (Phi) is 5.40. The van der Waals surface area contributed by atoms with E-state index in [0.29, 0.717) is 12.5 Å². The van der Waals surface area contributed by atoms with Crippen molar-refractivity contribution >= 4 is 23.2 Å². The van der Waals surface area contributed by atoms with Crippen LogP contribution in [-0.2, 0) is 9.59 Å². The molecule has 0 aromatic heterocycles. The number of amides is 2. The van der Waals surface area contributed by atoms with Crippen LogP contribution in [0, 0.1) is 12.8 Å². The minimum Gasteiger partial charge on any atom is -0.326 e. The molecule has 26 heavy (non-hydrogen) atoms. The molecule has 0 bridgehead atoms. The van der Waals surface area contributed by atoms with Gasteiger partial charge in [0.1, 0.15) is 0 Å². The zero-order valence-electron chi connectivity index (χ0n) is 15.7. The molecular weight excluding hydrogens is 324 g/mol. The SMILES string of the molecule is CC[C@@H](C)c1ccccc1N1C[C@H](C(=O)Nc2ccccc2C)CC1=O. The molecule has 0 aliphatic carbocycles. The van der Waals surface area contributed by atoms with Gasteiger partial charge in [-0.05, 0) is 42.5 Å². The molecule has 1 N–H and O–H groups in total. The highest BCUT2D eigenvalue weighted by atomic mass is 16.2. The molecule has 2 aromatic rings. The Morgan fingerprint density at radius 1 is 1.19 bits per heavy atom. The highest BCUT2D eigenvalue weighted by molar-refractivity contribution is 6.04. The molecule has 1 saturated heterocycles. The van der Waals surface area contributed by atoms with Crippen LogP contribution in [0.2, 0.25) is 0 Å². The van der Waals surface area contributed by atoms with E-state index in [-0.39, 0.29) is 24.2 Å². The topological polar surface area (TPSA) is 49.4 Å². The number of hydrogen-bond acceptors (Lipinski definition) is 2. The Balaban J connectivity index is 1.77. The number of nitrogens with zero attached hydrogens (tertiary/aromatic N) is 1. The molecule has 1 aliphatic heterocycles. The Bertz CT molecular complexity index is 815. The summed E-state index contributed by atoms with van der Waals surface area (Å²) in [5.41, 5.74) is 3.94. The van der Waals surface area contributed by atoms with Gasteiger partial charge in [0.05, 0.1) is 5.92 Å². The zero-order chi connectivity index (χ0) is 18.7. The number of benzene rings is 2. The molecule has 1 aliphatic rings. The summed E-state index contributed by atoms with van der Waals surface area (Å²) in [6, 6.07) is 15.7. The second-order valence-electron chi connectivity index (χ2n) is 7.08. The van der Waals surface area contributed by atoms with Crippen molar-refractivity contribution in [2.75, 3.05) is 16.8 Å². The molecule has 0 spiro atoms. The highest BCUT2D eigenvalue weighted by Crippen LogP contribution is 2.33. The monoisotopic (exact) mass is 350 g/mol. The fraction of sp³-hybridized carbons (Fsp3) is 0.364. The smallest absolute Gasteiger partial charge is 0.229 e. The van der Waals surface area contributed by atoms with Gasteiger partial charge in [0.2, 0.25) is 11.8 Å². The highest BCUT2D eigenvalue weighted by Gasteiger charge is 2.36. The maximum absolute atomic E-state index is 12.7. The van der Waals surface area contributed by atoms with Gasteiger partial charge in [0, 0.05) is 24.3 Å². The lowest BCUT2D eigenvalue weighted by atomic mass is 9.96. The van der Waals surface area contributed by atoms with Crippen molar-refractivity contribution in [2.45, 2.75) is 39.5 Å². The molecule has 3 rings (SSSR count). The van der Waals surface area contributed by atoms with Crippen LogP contribution in [0.25, 0.3) is 0 Å². The number of rotatable bonds is 5. The molecule has 4 nitrogen and oxygen atoms in total. The Hall–Kier alpha value is -2.62. The van der Waals surface area contributed by atoms with E-state index in [2.05, 4.69) is 25.2 Å². The van der Waals surface area contributed by atoms with Crippen LogP contribution >= 0.6 is 0 Å². The third-order valence-corrected chi connectivity index (χ3v) is 5.27. The maximum atomic E-state index is 12.7. The third kappa shape index (κ3) is 3.64. The molecule has 2 amide bonds. The fourth-order valence-electron chi connectivity index (χ4n) is 3.43. The van der Waals surface area contributed by atoms with E-state index in [1.165, 1.54) is 5.56 Å². The van der Waals surface area contributed by atoms with Crippen LogP contribution in [0.5, 0.6) is 0 Å². The van der Waals surface area contributed by atoms with E-state index in [0.717, 1.165) is 23.4 Å². The standard InChI is InChI=1S/C22H26N2O2/c1-4-15(2)18-10-6-8-12-20(18)24-14-17(13-21(24)25)22(26)23-19-11-7-5-9-16(19)3/h5-12,15,17H,4,13-14H2,1-3H3,(H,23,26)/t15-,17-/m1/s1. The molecule has 0 unspecified atom stereocenters. The van der Waals surface area contributed by atoms with Gasteiger partial charge in [-0.2, -0.15) is 0 Å². The van der Waals surface area contributed by atoms with Gasteiger partial charge in [-0.25, -0.2) is 0 Å². The van der Waals surface area contributed by atoms with Crippen LogP contribution in [-0.4, -0.2) is 18.4 Å². The minimum absolute atomic E-state index is 0.0192. The molecule has 2 atom stereocenters. The van der Waals surface area contributed by atoms with Crippen LogP contribution in [0.15, 0.2) is 48.5 Å². The van der Waals surface area contributed by atoms with Crippen LogP contribution in [0.4, 0.5) is 11.4 Å². The van der Waals surface area contributed by atoms with Crippen molar-refractivity contribution in [2.24, 2.45) is 5.92 Å². The maximum Gasteiger partial charge on any atom is 0.229 e. The first-order valence-electron chi connectivity index (χ1n) is 9.27. The van der Waals surface area contributed by atoms with Crippen molar-refractivity contribution < 1.29 is 9.59 Å². The van der Waals surface area contributed by atoms with E-state index < -0.39 is 0 Å². The van der Waals surface area contributed by atoms with Crippen molar-refractivity contribution in [1.29, 1.82) is 0 Å². The predicted molar refractivity (Wildman–Crippen MR) is 105 cm³/mol. The number of anilines is 2. The third-order valence-electron chi connectivity index (χ3n) is 5.27. The summed E-state index contributed by atoms with van der Waals surface area (Å²) in [6.45, 7) is 6.71. The number of para-hydroxylation sites is 2. The molecule has 2 aromatic carbocycles. The van der Waals surface area contributed by atoms with Crippen molar-refractivity contribution in [3.8, 4) is 0 Å². The average Bonchev–Trinajstić information content (AvgIpc) is 3.04. The van der Waals surface area contributed by atoms with Crippen LogP contribution in [0.3, 0.4) is 0 Å². The second kappa shape index (κ2) is 7.73. The molecule has 4 heteroatoms. The molecule has 1 heterocycles. The number of nitrogens with one attached hydrogen (secondary N) is 1. The van der Waals surface area contributed by atoms with Gasteiger partial charge in [-0.1, -0.05) is 50.2 Å². The quantitative estimate of drug-likeness (QED) is 0.863.